The van der Waals surface area contributed by atoms with E-state index in [0.29, 0.717) is 10.8 Å². The molecule has 6 nitrogen and oxygen atoms in total. The third-order valence-electron chi connectivity index (χ3n) is 3.77. The van der Waals surface area contributed by atoms with Gasteiger partial charge in [0.2, 0.25) is 11.8 Å². The molecule has 2 aromatic carbocycles. The minimum atomic E-state index is -0.445. The van der Waals surface area contributed by atoms with Crippen LogP contribution in [0, 0.1) is 0 Å². The topological polar surface area (TPSA) is 87.7 Å². The molecule has 3 N–H and O–H groups in total. The van der Waals surface area contributed by atoms with Crippen LogP contribution in [0.15, 0.2) is 42.5 Å². The monoisotopic (exact) mass is 376 g/mol. The number of hydrogen-bond donors (Lipinski definition) is 3. The van der Waals surface area contributed by atoms with E-state index in [0.717, 1.165) is 11.1 Å². The molecule has 2 aromatic rings. The molecule has 0 aliphatic carbocycles. The minimum Gasteiger partial charge on any atom is -0.504 e. The summed E-state index contributed by atoms with van der Waals surface area (Å²) < 4.78 is 5.05. The number of rotatable bonds is 7. The van der Waals surface area contributed by atoms with E-state index in [2.05, 4.69) is 10.6 Å². The van der Waals surface area contributed by atoms with Gasteiger partial charge in [-0.15, -0.1) is 0 Å². The van der Waals surface area contributed by atoms with Gasteiger partial charge in [0, 0.05) is 18.5 Å². The molecular formula is C19H21ClN2O4. The third-order valence-corrected chi connectivity index (χ3v) is 4.03. The van der Waals surface area contributed by atoms with E-state index in [-0.39, 0.29) is 30.5 Å². The second-order valence-electron chi connectivity index (χ2n) is 5.79. The lowest BCUT2D eigenvalue weighted by Crippen LogP contribution is -2.32. The molecule has 0 heterocycles. The van der Waals surface area contributed by atoms with Gasteiger partial charge in [-0.05, 0) is 35.4 Å². The smallest absolute Gasteiger partial charge is 0.222 e. The molecule has 1 unspecified atom stereocenters. The Morgan fingerprint density at radius 1 is 1.19 bits per heavy atom. The summed E-state index contributed by atoms with van der Waals surface area (Å²) in [6, 6.07) is 11.4. The van der Waals surface area contributed by atoms with Crippen molar-refractivity contribution in [3.63, 3.8) is 0 Å². The second kappa shape index (κ2) is 9.10. The molecule has 26 heavy (non-hydrogen) atoms. The van der Waals surface area contributed by atoms with Gasteiger partial charge in [0.25, 0.3) is 0 Å². The molecule has 0 spiro atoms. The van der Waals surface area contributed by atoms with Crippen molar-refractivity contribution < 1.29 is 19.4 Å². The van der Waals surface area contributed by atoms with Gasteiger partial charge in [0.1, 0.15) is 0 Å². The van der Waals surface area contributed by atoms with Crippen LogP contribution in [0.1, 0.15) is 30.5 Å². The number of hydrogen-bond acceptors (Lipinski definition) is 4. The van der Waals surface area contributed by atoms with Crippen molar-refractivity contribution in [3.8, 4) is 11.5 Å². The van der Waals surface area contributed by atoms with E-state index in [1.165, 1.54) is 20.1 Å². The van der Waals surface area contributed by atoms with Crippen LogP contribution in [0.3, 0.4) is 0 Å². The number of phenols is 1. The van der Waals surface area contributed by atoms with Gasteiger partial charge in [0.05, 0.1) is 19.6 Å². The molecule has 0 saturated carbocycles. The summed E-state index contributed by atoms with van der Waals surface area (Å²) in [7, 11) is 1.46. The summed E-state index contributed by atoms with van der Waals surface area (Å²) in [5.41, 5.74) is 1.58. The summed E-state index contributed by atoms with van der Waals surface area (Å²) in [6.07, 6.45) is 0.0937. The maximum atomic E-state index is 12.3. The highest BCUT2D eigenvalue weighted by atomic mass is 35.5. The van der Waals surface area contributed by atoms with Crippen molar-refractivity contribution in [2.24, 2.45) is 0 Å². The Bertz CT molecular complexity index is 778. The van der Waals surface area contributed by atoms with Gasteiger partial charge in [0.15, 0.2) is 11.5 Å². The van der Waals surface area contributed by atoms with Crippen LogP contribution in [0.2, 0.25) is 5.02 Å². The lowest BCUT2D eigenvalue weighted by Gasteiger charge is -2.18. The first-order valence-electron chi connectivity index (χ1n) is 8.04. The summed E-state index contributed by atoms with van der Waals surface area (Å²) in [6.45, 7) is 1.69. The van der Waals surface area contributed by atoms with E-state index < -0.39 is 6.04 Å². The van der Waals surface area contributed by atoms with Crippen molar-refractivity contribution in [1.82, 2.24) is 10.6 Å². The molecular weight excluding hydrogens is 356 g/mol. The molecule has 0 aliphatic heterocycles. The van der Waals surface area contributed by atoms with E-state index >= 15 is 0 Å². The van der Waals surface area contributed by atoms with Crippen LogP contribution in [-0.4, -0.2) is 24.0 Å². The highest BCUT2D eigenvalue weighted by Crippen LogP contribution is 2.26. The zero-order chi connectivity index (χ0) is 19.1. The molecule has 0 saturated heterocycles. The van der Waals surface area contributed by atoms with E-state index in [9.17, 15) is 14.7 Å². The van der Waals surface area contributed by atoms with Crippen LogP contribution >= 0.6 is 11.6 Å². The fourth-order valence-electron chi connectivity index (χ4n) is 2.48. The van der Waals surface area contributed by atoms with Crippen LogP contribution in [0.25, 0.3) is 0 Å². The first-order chi connectivity index (χ1) is 12.4. The summed E-state index contributed by atoms with van der Waals surface area (Å²) in [5, 5.41) is 15.8. The zero-order valence-corrected chi connectivity index (χ0v) is 15.3. The fraction of sp³-hybridized carbons (Fsp3) is 0.263. The van der Waals surface area contributed by atoms with Crippen LogP contribution in [0.4, 0.5) is 0 Å². The van der Waals surface area contributed by atoms with E-state index in [4.69, 9.17) is 16.3 Å². The molecule has 138 valence electrons. The largest absolute Gasteiger partial charge is 0.504 e. The molecule has 7 heteroatoms. The Balaban J connectivity index is 2.00. The second-order valence-corrected chi connectivity index (χ2v) is 6.23. The van der Waals surface area contributed by atoms with Crippen LogP contribution in [-0.2, 0) is 16.1 Å². The van der Waals surface area contributed by atoms with Crippen molar-refractivity contribution in [1.29, 1.82) is 0 Å². The molecule has 2 amide bonds. The normalized spacial score (nSPS) is 11.5. The lowest BCUT2D eigenvalue weighted by atomic mass is 10.0. The minimum absolute atomic E-state index is 0.0380. The van der Waals surface area contributed by atoms with Gasteiger partial charge in [-0.1, -0.05) is 29.8 Å². The Hall–Kier alpha value is -2.73. The third kappa shape index (κ3) is 5.67. The van der Waals surface area contributed by atoms with Gasteiger partial charge < -0.3 is 20.5 Å². The number of carbonyl (C=O) groups excluding carboxylic acids is 2. The number of halogens is 1. The molecule has 1 atom stereocenters. The number of aromatic hydroxyl groups is 1. The average Bonchev–Trinajstić information content (AvgIpc) is 2.60. The van der Waals surface area contributed by atoms with Gasteiger partial charge in [-0.2, -0.15) is 0 Å². The molecule has 0 fully saturated rings. The maximum absolute atomic E-state index is 12.3. The standard InChI is InChI=1S/C19H21ClN2O4/c1-12(23)22-16(14-4-6-15(20)7-5-14)10-19(25)21-11-13-3-8-17(24)18(9-13)26-2/h3-9,16,24H,10-11H2,1-2H3,(H,21,25)(H,22,23). The number of methoxy groups -OCH3 is 1. The number of nitrogens with one attached hydrogen (secondary N) is 2. The SMILES string of the molecule is COc1cc(CNC(=O)CC(NC(C)=O)c2ccc(Cl)cc2)ccc1O. The zero-order valence-electron chi connectivity index (χ0n) is 14.6. The maximum Gasteiger partial charge on any atom is 0.222 e. The number of carbonyl (C=O) groups is 2. The molecule has 0 aromatic heterocycles. The van der Waals surface area contributed by atoms with Crippen molar-refractivity contribution in [2.45, 2.75) is 25.9 Å². The molecule has 0 bridgehead atoms. The first kappa shape index (κ1) is 19.6. The van der Waals surface area contributed by atoms with E-state index in [1.54, 1.807) is 36.4 Å². The number of amides is 2. The Morgan fingerprint density at radius 2 is 1.88 bits per heavy atom. The summed E-state index contributed by atoms with van der Waals surface area (Å²) in [5.74, 6) is -0.0585. The highest BCUT2D eigenvalue weighted by molar-refractivity contribution is 6.30. The van der Waals surface area contributed by atoms with Crippen molar-refractivity contribution in [2.75, 3.05) is 7.11 Å². The Kier molecular flexibility index (Phi) is 6.86. The van der Waals surface area contributed by atoms with Gasteiger partial charge >= 0.3 is 0 Å². The van der Waals surface area contributed by atoms with Crippen LogP contribution < -0.4 is 15.4 Å². The van der Waals surface area contributed by atoms with Crippen molar-refractivity contribution in [3.05, 3.63) is 58.6 Å². The first-order valence-corrected chi connectivity index (χ1v) is 8.42. The summed E-state index contributed by atoms with van der Waals surface area (Å²) in [4.78, 5) is 23.8. The van der Waals surface area contributed by atoms with E-state index in [1.807, 2.05) is 0 Å². The summed E-state index contributed by atoms with van der Waals surface area (Å²) >= 11 is 5.89. The fourth-order valence-corrected chi connectivity index (χ4v) is 2.61. The Morgan fingerprint density at radius 3 is 2.50 bits per heavy atom. The van der Waals surface area contributed by atoms with Crippen molar-refractivity contribution >= 4 is 23.4 Å². The highest BCUT2D eigenvalue weighted by Gasteiger charge is 2.17. The number of benzene rings is 2. The predicted octanol–water partition coefficient (Wildman–Crippen LogP) is 2.94. The number of phenolic OH excluding ortho intramolecular Hbond substituents is 1. The molecule has 0 radical (unpaired) electrons. The molecule has 0 aliphatic rings. The Labute approximate surface area is 157 Å². The number of ether oxygens (including phenoxy) is 1. The van der Waals surface area contributed by atoms with Gasteiger partial charge in [-0.25, -0.2) is 0 Å². The lowest BCUT2D eigenvalue weighted by molar-refractivity contribution is -0.122. The molecule has 2 rings (SSSR count). The average molecular weight is 377 g/mol. The quantitative estimate of drug-likeness (QED) is 0.693. The predicted molar refractivity (Wildman–Crippen MR) is 99.1 cm³/mol. The van der Waals surface area contributed by atoms with Gasteiger partial charge in [-0.3, -0.25) is 9.59 Å². The van der Waals surface area contributed by atoms with Crippen LogP contribution in [0.5, 0.6) is 11.5 Å².